The summed E-state index contributed by atoms with van der Waals surface area (Å²) in [5.74, 6) is -1.22. The minimum Gasteiger partial charge on any atom is -0.304 e. The molecule has 1 saturated heterocycles. The molecule has 0 aromatic carbocycles. The van der Waals surface area contributed by atoms with E-state index in [4.69, 9.17) is 0 Å². The number of amides is 1. The maximum atomic E-state index is 13.1. The first-order chi connectivity index (χ1) is 11.8. The highest BCUT2D eigenvalue weighted by Gasteiger charge is 2.62. The van der Waals surface area contributed by atoms with E-state index in [1.807, 2.05) is 0 Å². The van der Waals surface area contributed by atoms with Gasteiger partial charge in [-0.2, -0.15) is 26.3 Å². The molecule has 1 amide bonds. The fourth-order valence-electron chi connectivity index (χ4n) is 2.98. The first-order valence-corrected chi connectivity index (χ1v) is 8.72. The zero-order valence-corrected chi connectivity index (χ0v) is 14.5. The van der Waals surface area contributed by atoms with Crippen molar-refractivity contribution in [1.82, 2.24) is 5.32 Å². The number of halogens is 6. The molecular weight excluding hydrogens is 388 g/mol. The van der Waals surface area contributed by atoms with Crippen LogP contribution in [0.25, 0.3) is 0 Å². The Morgan fingerprint density at radius 2 is 1.62 bits per heavy atom. The van der Waals surface area contributed by atoms with Crippen molar-refractivity contribution in [3.8, 4) is 0 Å². The van der Waals surface area contributed by atoms with Crippen molar-refractivity contribution < 1.29 is 31.1 Å². The third kappa shape index (κ3) is 3.84. The van der Waals surface area contributed by atoms with Gasteiger partial charge in [-0.05, 0) is 45.4 Å². The van der Waals surface area contributed by atoms with Crippen LogP contribution in [0.4, 0.5) is 26.3 Å². The lowest BCUT2D eigenvalue weighted by Crippen LogP contribution is -2.46. The fourth-order valence-corrected chi connectivity index (χ4v) is 3.97. The van der Waals surface area contributed by atoms with Crippen LogP contribution in [0, 0.1) is 4.91 Å². The number of thioether (sulfide) groups is 1. The van der Waals surface area contributed by atoms with Crippen LogP contribution in [-0.4, -0.2) is 39.8 Å². The summed E-state index contributed by atoms with van der Waals surface area (Å²) in [7, 11) is 0. The van der Waals surface area contributed by atoms with Crippen LogP contribution in [0.3, 0.4) is 0 Å². The predicted molar refractivity (Wildman–Crippen MR) is 83.7 cm³/mol. The summed E-state index contributed by atoms with van der Waals surface area (Å²) < 4.78 is 75.7. The Bertz CT molecular complexity index is 596. The minimum atomic E-state index is -4.76. The molecule has 2 rings (SSSR count). The number of hydrogen-bond donors (Lipinski definition) is 1. The van der Waals surface area contributed by atoms with Crippen molar-refractivity contribution >= 4 is 22.8 Å². The molecule has 1 atom stereocenters. The zero-order valence-electron chi connectivity index (χ0n) is 13.7. The highest BCUT2D eigenvalue weighted by Crippen LogP contribution is 2.46. The van der Waals surface area contributed by atoms with E-state index in [1.165, 1.54) is 0 Å². The number of hydrogen-bond acceptors (Lipinski definition) is 5. The van der Waals surface area contributed by atoms with E-state index in [-0.39, 0.29) is 42.6 Å². The molecule has 1 N–H and O–H groups in total. The third-order valence-electron chi connectivity index (χ3n) is 4.75. The molecule has 5 nitrogen and oxygen atoms in total. The number of carbonyl (C=O) groups excluding carboxylic acids is 1. The molecule has 0 aromatic rings. The molecule has 0 radical (unpaired) electrons. The molecular formula is C14H17F6N3O2S. The number of aliphatic imine (C=N–C) groups is 1. The lowest BCUT2D eigenvalue weighted by atomic mass is 9.83. The number of rotatable bonds is 2. The van der Waals surface area contributed by atoms with E-state index in [2.05, 4.69) is 15.5 Å². The number of nitrogens with zero attached hydrogens (tertiary/aromatic N) is 2. The number of alkyl halides is 6. The highest BCUT2D eigenvalue weighted by molar-refractivity contribution is 8.16. The summed E-state index contributed by atoms with van der Waals surface area (Å²) in [5, 5.41) is 4.25. The Hall–Kier alpha value is -1.33. The van der Waals surface area contributed by atoms with Gasteiger partial charge in [-0.15, -0.1) is 4.91 Å². The van der Waals surface area contributed by atoms with Crippen LogP contribution in [0.1, 0.15) is 45.4 Å². The fraction of sp³-hybridized carbons (Fsp3) is 0.857. The first kappa shape index (κ1) is 21.0. The average Bonchev–Trinajstić information content (AvgIpc) is 2.76. The summed E-state index contributed by atoms with van der Waals surface area (Å²) in [6.45, 7) is 0.751. The molecule has 1 aliphatic heterocycles. The third-order valence-corrected chi connectivity index (χ3v) is 5.98. The van der Waals surface area contributed by atoms with Crippen LogP contribution >= 0.6 is 11.8 Å². The van der Waals surface area contributed by atoms with E-state index >= 15 is 0 Å². The predicted octanol–water partition coefficient (Wildman–Crippen LogP) is 4.32. The van der Waals surface area contributed by atoms with Crippen molar-refractivity contribution in [2.75, 3.05) is 0 Å². The summed E-state index contributed by atoms with van der Waals surface area (Å²) in [4.78, 5) is 26.5. The van der Waals surface area contributed by atoms with Crippen molar-refractivity contribution in [2.24, 2.45) is 10.2 Å². The number of amidine groups is 1. The van der Waals surface area contributed by atoms with Gasteiger partial charge in [-0.25, -0.2) is 0 Å². The Labute approximate surface area is 149 Å². The quantitative estimate of drug-likeness (QED) is 0.550. The molecule has 1 saturated carbocycles. The maximum absolute atomic E-state index is 13.1. The lowest BCUT2D eigenvalue weighted by Gasteiger charge is -2.31. The van der Waals surface area contributed by atoms with Crippen LogP contribution in [0.2, 0.25) is 0 Å². The topological polar surface area (TPSA) is 70.9 Å². The molecule has 0 aromatic heterocycles. The SMILES string of the molecule is CC1(C(F)(F)F)SC(=NC2CCCC(N=O)(C(F)(F)F)CCC2)NC1=O. The van der Waals surface area contributed by atoms with Crippen LogP contribution in [0.5, 0.6) is 0 Å². The molecule has 2 fully saturated rings. The Morgan fingerprint density at radius 3 is 2.00 bits per heavy atom. The Morgan fingerprint density at radius 1 is 1.08 bits per heavy atom. The zero-order chi connectivity index (χ0) is 19.8. The standard InChI is InChI=1S/C14H17F6N3O2S/c1-11(13(15,16)17)9(24)22-10(26-11)21-8-4-2-6-12(23-25,7-3-5-8)14(18,19)20/h8H,2-7H2,1H3,(H,21,22,24). The molecule has 0 spiro atoms. The van der Waals surface area contributed by atoms with Gasteiger partial charge in [0, 0.05) is 0 Å². The van der Waals surface area contributed by atoms with E-state index in [0.29, 0.717) is 0 Å². The Kier molecular flexibility index (Phi) is 5.65. The largest absolute Gasteiger partial charge is 0.417 e. The molecule has 1 unspecified atom stereocenters. The Balaban J connectivity index is 2.07. The number of nitrogens with one attached hydrogen (secondary N) is 1. The maximum Gasteiger partial charge on any atom is 0.417 e. The number of nitroso groups, excluding NO2 is 1. The smallest absolute Gasteiger partial charge is 0.304 e. The second-order valence-electron chi connectivity index (χ2n) is 6.58. The highest BCUT2D eigenvalue weighted by atomic mass is 32.2. The van der Waals surface area contributed by atoms with Gasteiger partial charge in [0.1, 0.15) is 0 Å². The first-order valence-electron chi connectivity index (χ1n) is 7.91. The van der Waals surface area contributed by atoms with E-state index in [9.17, 15) is 36.0 Å². The van der Waals surface area contributed by atoms with Gasteiger partial charge in [-0.1, -0.05) is 16.9 Å². The summed E-state index contributed by atoms with van der Waals surface area (Å²) >= 11 is 0.258. The van der Waals surface area contributed by atoms with Gasteiger partial charge < -0.3 is 5.32 Å². The molecule has 0 bridgehead atoms. The summed E-state index contributed by atoms with van der Waals surface area (Å²) in [6, 6.07) is -0.522. The van der Waals surface area contributed by atoms with Crippen molar-refractivity contribution in [3.05, 3.63) is 4.91 Å². The molecule has 12 heteroatoms. The van der Waals surface area contributed by atoms with Crippen LogP contribution in [-0.2, 0) is 4.79 Å². The average molecular weight is 405 g/mol. The van der Waals surface area contributed by atoms with Gasteiger partial charge >= 0.3 is 12.4 Å². The van der Waals surface area contributed by atoms with Gasteiger partial charge in [-0.3, -0.25) is 9.79 Å². The lowest BCUT2D eigenvalue weighted by molar-refractivity contribution is -0.191. The van der Waals surface area contributed by atoms with Gasteiger partial charge in [0.15, 0.2) is 15.5 Å². The normalized spacial score (nSPS) is 35.7. The van der Waals surface area contributed by atoms with Gasteiger partial charge in [0.25, 0.3) is 5.91 Å². The van der Waals surface area contributed by atoms with Crippen LogP contribution in [0.15, 0.2) is 10.2 Å². The molecule has 2 aliphatic rings. The minimum absolute atomic E-state index is 0.00183. The van der Waals surface area contributed by atoms with Crippen molar-refractivity contribution in [2.45, 2.75) is 74.1 Å². The molecule has 148 valence electrons. The van der Waals surface area contributed by atoms with Crippen LogP contribution < -0.4 is 5.32 Å². The van der Waals surface area contributed by atoms with Crippen molar-refractivity contribution in [3.63, 3.8) is 0 Å². The summed E-state index contributed by atoms with van der Waals surface area (Å²) in [5.41, 5.74) is -2.61. The monoisotopic (exact) mass is 405 g/mol. The molecule has 26 heavy (non-hydrogen) atoms. The van der Waals surface area contributed by atoms with E-state index in [0.717, 1.165) is 6.92 Å². The van der Waals surface area contributed by atoms with E-state index in [1.54, 1.807) is 0 Å². The second kappa shape index (κ2) is 7.01. The second-order valence-corrected chi connectivity index (χ2v) is 7.99. The molecule has 1 heterocycles. The summed E-state index contributed by atoms with van der Waals surface area (Å²) in [6.07, 6.45) is -10.1. The molecule has 1 aliphatic carbocycles. The number of carbonyl (C=O) groups is 1. The van der Waals surface area contributed by atoms with Gasteiger partial charge in [0.2, 0.25) is 0 Å². The van der Waals surface area contributed by atoms with Gasteiger partial charge in [0.05, 0.1) is 6.04 Å². The van der Waals surface area contributed by atoms with E-state index < -0.39 is 47.4 Å². The van der Waals surface area contributed by atoms with Crippen molar-refractivity contribution in [1.29, 1.82) is 0 Å².